The maximum Gasteiger partial charge on any atom is 0.306 e. The Hall–Kier alpha value is -0.280. The van der Waals surface area contributed by atoms with Gasteiger partial charge < -0.3 is 10.5 Å². The Bertz CT molecular complexity index is 157. The number of hydrogen-bond acceptors (Lipinski definition) is 3. The molecule has 0 amide bonds. The van der Waals surface area contributed by atoms with Crippen LogP contribution in [-0.4, -0.2) is 19.1 Å². The quantitative estimate of drug-likeness (QED) is 0.681. The number of carbonyl (C=O) groups is 1. The van der Waals surface area contributed by atoms with Crippen LogP contribution in [-0.2, 0) is 9.53 Å². The molecule has 3 nitrogen and oxygen atoms in total. The van der Waals surface area contributed by atoms with E-state index in [-0.39, 0.29) is 23.8 Å². The Morgan fingerprint density at radius 3 is 2.50 bits per heavy atom. The van der Waals surface area contributed by atoms with Crippen LogP contribution in [0.2, 0.25) is 0 Å². The van der Waals surface area contributed by atoms with Crippen molar-refractivity contribution >= 4 is 18.4 Å². The second-order valence-corrected chi connectivity index (χ2v) is 3.19. The van der Waals surface area contributed by atoms with Gasteiger partial charge in [0.05, 0.1) is 13.0 Å². The molecule has 0 radical (unpaired) electrons. The molecule has 1 rings (SSSR count). The van der Waals surface area contributed by atoms with Gasteiger partial charge in [0, 0.05) is 0 Å². The largest absolute Gasteiger partial charge is 0.466 e. The summed E-state index contributed by atoms with van der Waals surface area (Å²) in [6.45, 7) is 2.91. The van der Waals surface area contributed by atoms with Crippen molar-refractivity contribution in [2.75, 3.05) is 13.2 Å². The lowest BCUT2D eigenvalue weighted by atomic mass is 10.0. The molecule has 1 fully saturated rings. The minimum absolute atomic E-state index is 0. The second kappa shape index (κ2) is 4.67. The Morgan fingerprint density at radius 1 is 1.58 bits per heavy atom. The van der Waals surface area contributed by atoms with E-state index in [0.29, 0.717) is 19.6 Å². The normalized spacial score (nSPS) is 17.8. The van der Waals surface area contributed by atoms with Crippen LogP contribution in [0, 0.1) is 5.41 Å². The Morgan fingerprint density at radius 2 is 2.17 bits per heavy atom. The van der Waals surface area contributed by atoms with E-state index < -0.39 is 0 Å². The minimum Gasteiger partial charge on any atom is -0.466 e. The maximum atomic E-state index is 11.0. The highest BCUT2D eigenvalue weighted by Gasteiger charge is 2.43. The fourth-order valence-electron chi connectivity index (χ4n) is 1.15. The van der Waals surface area contributed by atoms with Gasteiger partial charge in [-0.1, -0.05) is 0 Å². The average Bonchev–Trinajstić information content (AvgIpc) is 2.70. The van der Waals surface area contributed by atoms with Crippen molar-refractivity contribution in [2.24, 2.45) is 11.1 Å². The third-order valence-electron chi connectivity index (χ3n) is 2.21. The molecule has 0 aromatic heterocycles. The molecule has 2 N–H and O–H groups in total. The monoisotopic (exact) mass is 193 g/mol. The molecule has 1 saturated carbocycles. The van der Waals surface area contributed by atoms with E-state index in [1.807, 2.05) is 6.92 Å². The molecule has 0 aromatic carbocycles. The van der Waals surface area contributed by atoms with Crippen LogP contribution in [0.5, 0.6) is 0 Å². The van der Waals surface area contributed by atoms with Gasteiger partial charge in [0.2, 0.25) is 0 Å². The van der Waals surface area contributed by atoms with Crippen LogP contribution in [0.4, 0.5) is 0 Å². The van der Waals surface area contributed by atoms with E-state index in [2.05, 4.69) is 0 Å². The zero-order valence-corrected chi connectivity index (χ0v) is 8.15. The standard InChI is InChI=1S/C8H15NO2.ClH/c1-2-11-7(10)5-8(6-9)3-4-8;/h2-6,9H2,1H3;1H. The molecule has 0 saturated heterocycles. The highest BCUT2D eigenvalue weighted by molar-refractivity contribution is 5.85. The van der Waals surface area contributed by atoms with E-state index in [1.54, 1.807) is 0 Å². The molecule has 0 spiro atoms. The summed E-state index contributed by atoms with van der Waals surface area (Å²) < 4.78 is 4.83. The van der Waals surface area contributed by atoms with Gasteiger partial charge in [0.15, 0.2) is 0 Å². The lowest BCUT2D eigenvalue weighted by Gasteiger charge is -2.09. The highest BCUT2D eigenvalue weighted by Crippen LogP contribution is 2.47. The van der Waals surface area contributed by atoms with Crippen LogP contribution in [0.1, 0.15) is 26.2 Å². The summed E-state index contributed by atoms with van der Waals surface area (Å²) in [6.07, 6.45) is 2.68. The Labute approximate surface area is 79.1 Å². The van der Waals surface area contributed by atoms with Crippen LogP contribution >= 0.6 is 12.4 Å². The molecule has 0 heterocycles. The maximum absolute atomic E-state index is 11.0. The van der Waals surface area contributed by atoms with Crippen molar-refractivity contribution < 1.29 is 9.53 Å². The predicted octanol–water partition coefficient (Wildman–Crippen LogP) is 1.10. The fourth-order valence-corrected chi connectivity index (χ4v) is 1.15. The van der Waals surface area contributed by atoms with E-state index in [4.69, 9.17) is 10.5 Å². The second-order valence-electron chi connectivity index (χ2n) is 3.19. The first-order valence-electron chi connectivity index (χ1n) is 4.08. The molecule has 0 bridgehead atoms. The Balaban J connectivity index is 0.00000121. The molecule has 0 atom stereocenters. The zero-order chi connectivity index (χ0) is 8.32. The van der Waals surface area contributed by atoms with Crippen molar-refractivity contribution in [1.29, 1.82) is 0 Å². The van der Waals surface area contributed by atoms with Crippen LogP contribution in [0.3, 0.4) is 0 Å². The van der Waals surface area contributed by atoms with Gasteiger partial charge in [-0.2, -0.15) is 0 Å². The van der Waals surface area contributed by atoms with E-state index in [1.165, 1.54) is 0 Å². The van der Waals surface area contributed by atoms with Crippen molar-refractivity contribution in [3.8, 4) is 0 Å². The number of nitrogens with two attached hydrogens (primary N) is 1. The first kappa shape index (κ1) is 11.7. The number of ether oxygens (including phenoxy) is 1. The first-order valence-corrected chi connectivity index (χ1v) is 4.08. The van der Waals surface area contributed by atoms with Gasteiger partial charge in [-0.15, -0.1) is 12.4 Å². The van der Waals surface area contributed by atoms with Gasteiger partial charge >= 0.3 is 5.97 Å². The summed E-state index contributed by atoms with van der Waals surface area (Å²) in [6, 6.07) is 0. The SMILES string of the molecule is CCOC(=O)CC1(CN)CC1.Cl. The summed E-state index contributed by atoms with van der Waals surface area (Å²) in [4.78, 5) is 11.0. The number of halogens is 1. The highest BCUT2D eigenvalue weighted by atomic mass is 35.5. The van der Waals surface area contributed by atoms with E-state index in [9.17, 15) is 4.79 Å². The smallest absolute Gasteiger partial charge is 0.306 e. The first-order chi connectivity index (χ1) is 5.22. The van der Waals surface area contributed by atoms with Crippen LogP contribution in [0.25, 0.3) is 0 Å². The lowest BCUT2D eigenvalue weighted by molar-refractivity contribution is -0.144. The molecule has 0 aliphatic heterocycles. The van der Waals surface area contributed by atoms with Crippen LogP contribution in [0.15, 0.2) is 0 Å². The number of rotatable bonds is 4. The molecular weight excluding hydrogens is 178 g/mol. The van der Waals surface area contributed by atoms with Gasteiger partial charge in [-0.25, -0.2) is 0 Å². The van der Waals surface area contributed by atoms with Crippen molar-refractivity contribution in [3.63, 3.8) is 0 Å². The van der Waals surface area contributed by atoms with Crippen molar-refractivity contribution in [1.82, 2.24) is 0 Å². The summed E-state index contributed by atoms with van der Waals surface area (Å²) in [5.74, 6) is -0.101. The summed E-state index contributed by atoms with van der Waals surface area (Å²) >= 11 is 0. The summed E-state index contributed by atoms with van der Waals surface area (Å²) in [5.41, 5.74) is 5.62. The molecular formula is C8H16ClNO2. The predicted molar refractivity (Wildman–Crippen MR) is 49.2 cm³/mol. The third kappa shape index (κ3) is 2.99. The molecule has 1 aliphatic rings. The van der Waals surface area contributed by atoms with Crippen LogP contribution < -0.4 is 5.73 Å². The zero-order valence-electron chi connectivity index (χ0n) is 7.34. The fraction of sp³-hybridized carbons (Fsp3) is 0.875. The van der Waals surface area contributed by atoms with E-state index in [0.717, 1.165) is 12.8 Å². The van der Waals surface area contributed by atoms with Gasteiger partial charge in [0.1, 0.15) is 0 Å². The third-order valence-corrected chi connectivity index (χ3v) is 2.21. The van der Waals surface area contributed by atoms with E-state index >= 15 is 0 Å². The average molecular weight is 194 g/mol. The molecule has 12 heavy (non-hydrogen) atoms. The minimum atomic E-state index is -0.101. The topological polar surface area (TPSA) is 52.3 Å². The van der Waals surface area contributed by atoms with Crippen molar-refractivity contribution in [2.45, 2.75) is 26.2 Å². The number of hydrogen-bond donors (Lipinski definition) is 1. The number of esters is 1. The molecule has 72 valence electrons. The summed E-state index contributed by atoms with van der Waals surface area (Å²) in [7, 11) is 0. The van der Waals surface area contributed by atoms with Gasteiger partial charge in [-0.3, -0.25) is 4.79 Å². The van der Waals surface area contributed by atoms with Crippen molar-refractivity contribution in [3.05, 3.63) is 0 Å². The summed E-state index contributed by atoms with van der Waals surface area (Å²) in [5, 5.41) is 0. The molecule has 0 aromatic rings. The Kier molecular flexibility index (Phi) is 4.57. The molecule has 0 unspecified atom stereocenters. The number of carbonyl (C=O) groups excluding carboxylic acids is 1. The lowest BCUT2D eigenvalue weighted by Crippen LogP contribution is -2.20. The van der Waals surface area contributed by atoms with Gasteiger partial charge in [0.25, 0.3) is 0 Å². The molecule has 1 aliphatic carbocycles. The molecule has 4 heteroatoms. The van der Waals surface area contributed by atoms with Gasteiger partial charge in [-0.05, 0) is 31.7 Å².